The van der Waals surface area contributed by atoms with Crippen LogP contribution in [0.4, 0.5) is 0 Å². The normalized spacial score (nSPS) is 10.6. The summed E-state index contributed by atoms with van der Waals surface area (Å²) < 4.78 is 10.1. The van der Waals surface area contributed by atoms with Crippen LogP contribution in [0.25, 0.3) is 0 Å². The molecular formula is C16H15ClN2O4. The summed E-state index contributed by atoms with van der Waals surface area (Å²) in [6, 6.07) is 9.36. The molecule has 2 rings (SSSR count). The number of hydrogen-bond acceptors (Lipinski definition) is 5. The molecule has 1 amide bonds. The Balaban J connectivity index is 2.10. The van der Waals surface area contributed by atoms with Gasteiger partial charge in [-0.1, -0.05) is 11.6 Å². The summed E-state index contributed by atoms with van der Waals surface area (Å²) in [7, 11) is 2.96. The number of phenols is 1. The van der Waals surface area contributed by atoms with Gasteiger partial charge in [0.25, 0.3) is 5.91 Å². The lowest BCUT2D eigenvalue weighted by molar-refractivity contribution is 0.0954. The average molecular weight is 335 g/mol. The molecule has 2 N–H and O–H groups in total. The number of carbonyl (C=O) groups excluding carboxylic acids is 1. The van der Waals surface area contributed by atoms with E-state index in [0.717, 1.165) is 0 Å². The number of amides is 1. The van der Waals surface area contributed by atoms with Crippen LogP contribution in [0.5, 0.6) is 17.2 Å². The number of methoxy groups -OCH3 is 2. The number of phenolic OH excluding ortho intramolecular Hbond substituents is 1. The molecule has 0 atom stereocenters. The molecule has 6 nitrogen and oxygen atoms in total. The second kappa shape index (κ2) is 7.51. The summed E-state index contributed by atoms with van der Waals surface area (Å²) in [5, 5.41) is 14.1. The van der Waals surface area contributed by atoms with Gasteiger partial charge in [0.05, 0.1) is 20.4 Å². The highest BCUT2D eigenvalue weighted by molar-refractivity contribution is 6.30. The average Bonchev–Trinajstić information content (AvgIpc) is 2.55. The first-order valence-corrected chi connectivity index (χ1v) is 6.97. The molecule has 0 fully saturated rings. The van der Waals surface area contributed by atoms with Crippen molar-refractivity contribution in [3.63, 3.8) is 0 Å². The maximum absolute atomic E-state index is 12.0. The molecule has 0 heterocycles. The molecule has 0 spiro atoms. The molecule has 0 aromatic heterocycles. The Morgan fingerprint density at radius 2 is 1.87 bits per heavy atom. The monoisotopic (exact) mass is 334 g/mol. The summed E-state index contributed by atoms with van der Waals surface area (Å²) in [4.78, 5) is 12.0. The number of nitrogens with zero attached hydrogens (tertiary/aromatic N) is 1. The maximum Gasteiger partial charge on any atom is 0.271 e. The Bertz CT molecular complexity index is 747. The molecule has 0 saturated heterocycles. The van der Waals surface area contributed by atoms with Crippen LogP contribution >= 0.6 is 11.6 Å². The molecule has 0 unspecified atom stereocenters. The Morgan fingerprint density at radius 1 is 1.17 bits per heavy atom. The molecule has 0 radical (unpaired) electrons. The topological polar surface area (TPSA) is 80.2 Å². The van der Waals surface area contributed by atoms with Crippen molar-refractivity contribution in [1.29, 1.82) is 0 Å². The molecule has 0 saturated carbocycles. The minimum absolute atomic E-state index is 0.124. The van der Waals surface area contributed by atoms with Crippen molar-refractivity contribution < 1.29 is 19.4 Å². The van der Waals surface area contributed by atoms with E-state index in [2.05, 4.69) is 10.5 Å². The Labute approximate surface area is 138 Å². The molecule has 0 bridgehead atoms. The van der Waals surface area contributed by atoms with E-state index in [4.69, 9.17) is 21.1 Å². The first kappa shape index (κ1) is 16.6. The van der Waals surface area contributed by atoms with Crippen molar-refractivity contribution >= 4 is 23.7 Å². The fraction of sp³-hybridized carbons (Fsp3) is 0.125. The minimum atomic E-state index is -0.472. The Kier molecular flexibility index (Phi) is 5.43. The van der Waals surface area contributed by atoms with Crippen LogP contribution in [0.15, 0.2) is 41.5 Å². The summed E-state index contributed by atoms with van der Waals surface area (Å²) in [5.41, 5.74) is 3.23. The minimum Gasteiger partial charge on any atom is -0.504 e. The number of ether oxygens (including phenoxy) is 2. The van der Waals surface area contributed by atoms with E-state index in [1.807, 2.05) is 0 Å². The molecule has 23 heavy (non-hydrogen) atoms. The number of hydrazone groups is 1. The van der Waals surface area contributed by atoms with Crippen LogP contribution in [0, 0.1) is 0 Å². The third-order valence-corrected chi connectivity index (χ3v) is 3.24. The van der Waals surface area contributed by atoms with Gasteiger partial charge < -0.3 is 14.6 Å². The highest BCUT2D eigenvalue weighted by Gasteiger charge is 2.09. The summed E-state index contributed by atoms with van der Waals surface area (Å²) in [6.07, 6.45) is 1.42. The summed E-state index contributed by atoms with van der Waals surface area (Å²) >= 11 is 5.91. The van der Waals surface area contributed by atoms with Gasteiger partial charge in [-0.25, -0.2) is 5.43 Å². The first-order valence-electron chi connectivity index (χ1n) is 6.59. The number of aromatic hydroxyl groups is 1. The fourth-order valence-electron chi connectivity index (χ4n) is 1.86. The molecule has 120 valence electrons. The molecule has 2 aromatic rings. The highest BCUT2D eigenvalue weighted by atomic mass is 35.5. The zero-order valence-electron chi connectivity index (χ0n) is 12.5. The van der Waals surface area contributed by atoms with E-state index in [0.29, 0.717) is 16.3 Å². The van der Waals surface area contributed by atoms with E-state index >= 15 is 0 Å². The lowest BCUT2D eigenvalue weighted by Gasteiger charge is -2.06. The largest absolute Gasteiger partial charge is 0.504 e. The first-order chi connectivity index (χ1) is 11.0. The van der Waals surface area contributed by atoms with Gasteiger partial charge in [-0.05, 0) is 36.4 Å². The third-order valence-electron chi connectivity index (χ3n) is 3.00. The van der Waals surface area contributed by atoms with Crippen molar-refractivity contribution in [1.82, 2.24) is 5.43 Å². The zero-order chi connectivity index (χ0) is 16.8. The summed E-state index contributed by atoms with van der Waals surface area (Å²) in [5.74, 6) is 0.268. The molecule has 0 aliphatic carbocycles. The van der Waals surface area contributed by atoms with Crippen LogP contribution in [-0.4, -0.2) is 31.4 Å². The van der Waals surface area contributed by atoms with Gasteiger partial charge in [0.2, 0.25) is 0 Å². The predicted octanol–water partition coefficient (Wildman–Crippen LogP) is 2.83. The molecule has 2 aromatic carbocycles. The van der Waals surface area contributed by atoms with Crippen molar-refractivity contribution in [3.8, 4) is 17.2 Å². The maximum atomic E-state index is 12.0. The SMILES string of the molecule is COc1ccc(C(=O)N/N=C/c2cc(Cl)ccc2OC)cc1O. The highest BCUT2D eigenvalue weighted by Crippen LogP contribution is 2.26. The van der Waals surface area contributed by atoms with Crippen LogP contribution in [0.1, 0.15) is 15.9 Å². The van der Waals surface area contributed by atoms with Crippen molar-refractivity contribution in [3.05, 3.63) is 52.5 Å². The lowest BCUT2D eigenvalue weighted by Crippen LogP contribution is -2.17. The molecule has 0 aliphatic rings. The van der Waals surface area contributed by atoms with Crippen molar-refractivity contribution in [2.75, 3.05) is 14.2 Å². The molecule has 0 aliphatic heterocycles. The Hall–Kier alpha value is -2.73. The van der Waals surface area contributed by atoms with Crippen molar-refractivity contribution in [2.24, 2.45) is 5.10 Å². The third kappa shape index (κ3) is 4.14. The van der Waals surface area contributed by atoms with E-state index in [9.17, 15) is 9.90 Å². The van der Waals surface area contributed by atoms with Gasteiger partial charge in [0.1, 0.15) is 5.75 Å². The van der Waals surface area contributed by atoms with Crippen LogP contribution < -0.4 is 14.9 Å². The van der Waals surface area contributed by atoms with Crippen LogP contribution in [-0.2, 0) is 0 Å². The van der Waals surface area contributed by atoms with Gasteiger partial charge in [-0.2, -0.15) is 5.10 Å². The van der Waals surface area contributed by atoms with Gasteiger partial charge in [-0.15, -0.1) is 0 Å². The van der Waals surface area contributed by atoms with Gasteiger partial charge >= 0.3 is 0 Å². The van der Waals surface area contributed by atoms with Gasteiger partial charge in [0, 0.05) is 16.1 Å². The quantitative estimate of drug-likeness (QED) is 0.651. The second-order valence-electron chi connectivity index (χ2n) is 4.47. The predicted molar refractivity (Wildman–Crippen MR) is 87.7 cm³/mol. The lowest BCUT2D eigenvalue weighted by atomic mass is 10.2. The van der Waals surface area contributed by atoms with Crippen LogP contribution in [0.3, 0.4) is 0 Å². The van der Waals surface area contributed by atoms with E-state index in [-0.39, 0.29) is 17.1 Å². The number of halogens is 1. The number of carbonyl (C=O) groups is 1. The fourth-order valence-corrected chi connectivity index (χ4v) is 2.04. The second-order valence-corrected chi connectivity index (χ2v) is 4.91. The van der Waals surface area contributed by atoms with E-state index < -0.39 is 5.91 Å². The number of nitrogens with one attached hydrogen (secondary N) is 1. The Morgan fingerprint density at radius 3 is 2.52 bits per heavy atom. The molecular weight excluding hydrogens is 320 g/mol. The number of benzene rings is 2. The van der Waals surface area contributed by atoms with E-state index in [1.165, 1.54) is 38.6 Å². The van der Waals surface area contributed by atoms with Gasteiger partial charge in [-0.3, -0.25) is 4.79 Å². The molecule has 7 heteroatoms. The van der Waals surface area contributed by atoms with Gasteiger partial charge in [0.15, 0.2) is 11.5 Å². The number of hydrogen-bond donors (Lipinski definition) is 2. The van der Waals surface area contributed by atoms with E-state index in [1.54, 1.807) is 18.2 Å². The van der Waals surface area contributed by atoms with Crippen LogP contribution in [0.2, 0.25) is 5.02 Å². The smallest absolute Gasteiger partial charge is 0.271 e. The number of rotatable bonds is 5. The summed E-state index contributed by atoms with van der Waals surface area (Å²) in [6.45, 7) is 0. The standard InChI is InChI=1S/C16H15ClN2O4/c1-22-14-6-4-12(17)7-11(14)9-18-19-16(21)10-3-5-15(23-2)13(20)8-10/h3-9,20H,1-2H3,(H,19,21)/b18-9+. The zero-order valence-corrected chi connectivity index (χ0v) is 13.3. The van der Waals surface area contributed by atoms with Crippen molar-refractivity contribution in [2.45, 2.75) is 0 Å².